The monoisotopic (exact) mass is 265 g/mol. The quantitative estimate of drug-likeness (QED) is 0.818. The van der Waals surface area contributed by atoms with Crippen LogP contribution in [-0.2, 0) is 0 Å². The van der Waals surface area contributed by atoms with Crippen molar-refractivity contribution in [1.82, 2.24) is 4.98 Å². The first-order valence-corrected chi connectivity index (χ1v) is 5.65. The molecule has 0 aliphatic heterocycles. The number of carbonyl (C=O) groups excluding carboxylic acids is 1. The Hall–Kier alpha value is -2.01. The van der Waals surface area contributed by atoms with Crippen molar-refractivity contribution < 1.29 is 9.21 Å². The van der Waals surface area contributed by atoms with Crippen molar-refractivity contribution in [3.63, 3.8) is 0 Å². The van der Waals surface area contributed by atoms with E-state index in [1.807, 2.05) is 0 Å². The number of carbonyl (C=O) groups is 1. The Morgan fingerprint density at radius 2 is 2.17 bits per heavy atom. The van der Waals surface area contributed by atoms with Crippen LogP contribution in [0.3, 0.4) is 0 Å². The van der Waals surface area contributed by atoms with Crippen LogP contribution in [0.15, 0.2) is 22.6 Å². The van der Waals surface area contributed by atoms with Gasteiger partial charge in [-0.3, -0.25) is 4.79 Å². The normalized spacial score (nSPS) is 10.4. The number of hydrogen-bond acceptors (Lipinski definition) is 4. The van der Waals surface area contributed by atoms with Gasteiger partial charge in [-0.2, -0.15) is 0 Å². The fourth-order valence-electron chi connectivity index (χ4n) is 1.55. The molecule has 1 heterocycles. The fourth-order valence-corrected chi connectivity index (χ4v) is 1.79. The molecule has 0 atom stereocenters. The van der Waals surface area contributed by atoms with Gasteiger partial charge in [0.1, 0.15) is 0 Å². The lowest BCUT2D eigenvalue weighted by molar-refractivity contribution is 0.0994. The van der Waals surface area contributed by atoms with Gasteiger partial charge in [-0.15, -0.1) is 0 Å². The number of rotatable bonds is 2. The first-order chi connectivity index (χ1) is 8.47. The Bertz CT molecular complexity index is 607. The van der Waals surface area contributed by atoms with Crippen LogP contribution in [0, 0.1) is 13.8 Å². The zero-order valence-corrected chi connectivity index (χ0v) is 10.7. The lowest BCUT2D eigenvalue weighted by Gasteiger charge is -2.06. The third kappa shape index (κ3) is 2.46. The summed E-state index contributed by atoms with van der Waals surface area (Å²) >= 11 is 5.97. The molecule has 0 radical (unpaired) electrons. The summed E-state index contributed by atoms with van der Waals surface area (Å²) in [7, 11) is 0. The molecule has 5 nitrogen and oxygen atoms in total. The average molecular weight is 266 g/mol. The van der Waals surface area contributed by atoms with Gasteiger partial charge in [0.15, 0.2) is 5.89 Å². The topological polar surface area (TPSA) is 81.2 Å². The van der Waals surface area contributed by atoms with E-state index in [2.05, 4.69) is 10.3 Å². The molecular formula is C12H12ClN3O2. The summed E-state index contributed by atoms with van der Waals surface area (Å²) in [5, 5.41) is 3.02. The van der Waals surface area contributed by atoms with Crippen LogP contribution in [0.1, 0.15) is 22.1 Å². The summed E-state index contributed by atoms with van der Waals surface area (Å²) in [6.07, 6.45) is 0. The molecule has 0 spiro atoms. The zero-order valence-electron chi connectivity index (χ0n) is 9.95. The smallest absolute Gasteiger partial charge is 0.293 e. The van der Waals surface area contributed by atoms with Gasteiger partial charge in [0.2, 0.25) is 5.76 Å². The molecule has 0 fully saturated rings. The molecule has 0 bridgehead atoms. The van der Waals surface area contributed by atoms with E-state index in [0.717, 1.165) is 0 Å². The molecule has 0 unspecified atom stereocenters. The second-order valence-corrected chi connectivity index (χ2v) is 4.25. The molecule has 1 amide bonds. The van der Waals surface area contributed by atoms with Crippen molar-refractivity contribution in [3.05, 3.63) is 40.6 Å². The lowest BCUT2D eigenvalue weighted by Crippen LogP contribution is -2.12. The molecule has 1 aromatic carbocycles. The van der Waals surface area contributed by atoms with E-state index in [1.165, 1.54) is 0 Å². The second kappa shape index (κ2) is 4.70. The average Bonchev–Trinajstić information content (AvgIpc) is 2.62. The third-order valence-electron chi connectivity index (χ3n) is 2.35. The first kappa shape index (κ1) is 12.4. The predicted molar refractivity (Wildman–Crippen MR) is 69.8 cm³/mol. The summed E-state index contributed by atoms with van der Waals surface area (Å²) in [6.45, 7) is 3.38. The Morgan fingerprint density at radius 1 is 1.44 bits per heavy atom. The van der Waals surface area contributed by atoms with Crippen LogP contribution < -0.4 is 11.1 Å². The Morgan fingerprint density at radius 3 is 2.72 bits per heavy atom. The van der Waals surface area contributed by atoms with Crippen molar-refractivity contribution in [2.45, 2.75) is 13.8 Å². The number of nitrogens with two attached hydrogens (primary N) is 1. The summed E-state index contributed by atoms with van der Waals surface area (Å²) in [5.74, 6) is 0.237. The Labute approximate surface area is 109 Å². The summed E-state index contributed by atoms with van der Waals surface area (Å²) < 4.78 is 5.22. The minimum atomic E-state index is -0.389. The highest BCUT2D eigenvalue weighted by Crippen LogP contribution is 2.25. The van der Waals surface area contributed by atoms with E-state index >= 15 is 0 Å². The maximum absolute atomic E-state index is 12.0. The summed E-state index contributed by atoms with van der Waals surface area (Å²) in [4.78, 5) is 16.0. The number of nitrogens with one attached hydrogen (secondary N) is 1. The number of amides is 1. The summed E-state index contributed by atoms with van der Waals surface area (Å²) in [6, 6.07) is 4.85. The van der Waals surface area contributed by atoms with Gasteiger partial charge in [-0.05, 0) is 25.1 Å². The second-order valence-electron chi connectivity index (χ2n) is 3.84. The highest BCUT2D eigenvalue weighted by molar-refractivity contribution is 6.34. The number of benzene rings is 1. The lowest BCUT2D eigenvalue weighted by atomic mass is 10.2. The number of halogens is 1. The Kier molecular flexibility index (Phi) is 3.25. The van der Waals surface area contributed by atoms with Crippen LogP contribution in [0.25, 0.3) is 0 Å². The molecule has 0 saturated heterocycles. The number of nitrogen functional groups attached to an aromatic ring is 1. The van der Waals surface area contributed by atoms with Crippen LogP contribution in [0.2, 0.25) is 5.02 Å². The van der Waals surface area contributed by atoms with Gasteiger partial charge in [-0.1, -0.05) is 11.6 Å². The van der Waals surface area contributed by atoms with Gasteiger partial charge >= 0.3 is 0 Å². The van der Waals surface area contributed by atoms with Crippen molar-refractivity contribution in [3.8, 4) is 0 Å². The SMILES string of the molecule is Cc1nc(C)c(C(=O)Nc2ccc(N)cc2Cl)o1. The van der Waals surface area contributed by atoms with Crippen LogP contribution in [0.4, 0.5) is 11.4 Å². The van der Waals surface area contributed by atoms with Gasteiger partial charge in [0.25, 0.3) is 5.91 Å². The highest BCUT2D eigenvalue weighted by atomic mass is 35.5. The number of aromatic nitrogens is 1. The molecule has 0 aliphatic carbocycles. The number of oxazole rings is 1. The molecule has 0 aliphatic rings. The number of hydrogen-bond donors (Lipinski definition) is 2. The fraction of sp³-hybridized carbons (Fsp3) is 0.167. The third-order valence-corrected chi connectivity index (χ3v) is 2.66. The van der Waals surface area contributed by atoms with Gasteiger partial charge < -0.3 is 15.5 Å². The maximum Gasteiger partial charge on any atom is 0.293 e. The Balaban J connectivity index is 2.24. The standard InChI is InChI=1S/C12H12ClN3O2/c1-6-11(18-7(2)15-6)12(17)16-10-4-3-8(14)5-9(10)13/h3-5H,14H2,1-2H3,(H,16,17). The van der Waals surface area contributed by atoms with Crippen molar-refractivity contribution >= 4 is 28.9 Å². The molecule has 2 rings (SSSR count). The predicted octanol–water partition coefficient (Wildman–Crippen LogP) is 2.78. The minimum absolute atomic E-state index is 0.181. The van der Waals surface area contributed by atoms with Crippen LogP contribution >= 0.6 is 11.6 Å². The molecule has 1 aromatic heterocycles. The van der Waals surface area contributed by atoms with E-state index in [1.54, 1.807) is 32.0 Å². The van der Waals surface area contributed by atoms with Gasteiger partial charge in [-0.25, -0.2) is 4.98 Å². The van der Waals surface area contributed by atoms with Gasteiger partial charge in [0.05, 0.1) is 16.4 Å². The van der Waals surface area contributed by atoms with E-state index in [-0.39, 0.29) is 11.7 Å². The molecule has 0 saturated carbocycles. The van der Waals surface area contributed by atoms with Crippen molar-refractivity contribution in [2.24, 2.45) is 0 Å². The van der Waals surface area contributed by atoms with Crippen molar-refractivity contribution in [2.75, 3.05) is 11.1 Å². The molecule has 6 heteroatoms. The molecular weight excluding hydrogens is 254 g/mol. The van der Waals surface area contributed by atoms with E-state index in [4.69, 9.17) is 21.8 Å². The number of aryl methyl sites for hydroxylation is 2. The maximum atomic E-state index is 12.0. The zero-order chi connectivity index (χ0) is 13.3. The van der Waals surface area contributed by atoms with Gasteiger partial charge in [0, 0.05) is 12.6 Å². The summed E-state index contributed by atoms with van der Waals surface area (Å²) in [5.41, 5.74) is 7.12. The van der Waals surface area contributed by atoms with E-state index < -0.39 is 0 Å². The van der Waals surface area contributed by atoms with Crippen LogP contribution in [0.5, 0.6) is 0 Å². The molecule has 2 aromatic rings. The largest absolute Gasteiger partial charge is 0.436 e. The molecule has 3 N–H and O–H groups in total. The van der Waals surface area contributed by atoms with E-state index in [9.17, 15) is 4.79 Å². The molecule has 18 heavy (non-hydrogen) atoms. The number of nitrogens with zero attached hydrogens (tertiary/aromatic N) is 1. The minimum Gasteiger partial charge on any atom is -0.436 e. The first-order valence-electron chi connectivity index (χ1n) is 5.28. The van der Waals surface area contributed by atoms with Crippen molar-refractivity contribution in [1.29, 1.82) is 0 Å². The highest BCUT2D eigenvalue weighted by Gasteiger charge is 2.16. The van der Waals surface area contributed by atoms with E-state index in [0.29, 0.717) is 28.0 Å². The number of anilines is 2. The molecule has 94 valence electrons. The van der Waals surface area contributed by atoms with Crippen LogP contribution in [-0.4, -0.2) is 10.9 Å².